The first kappa shape index (κ1) is 7.01. The molecule has 0 spiro atoms. The zero-order chi connectivity index (χ0) is 7.72. The molecule has 0 aliphatic carbocycles. The van der Waals surface area contributed by atoms with E-state index in [1.165, 1.54) is 0 Å². The van der Waals surface area contributed by atoms with Crippen molar-refractivity contribution in [2.24, 2.45) is 5.73 Å². The highest BCUT2D eigenvalue weighted by Gasteiger charge is 2.33. The van der Waals surface area contributed by atoms with Gasteiger partial charge < -0.3 is 11.1 Å². The molecule has 5 nitrogen and oxygen atoms in total. The van der Waals surface area contributed by atoms with Gasteiger partial charge in [-0.15, -0.1) is 0 Å². The fourth-order valence-corrected chi connectivity index (χ4v) is 0.937. The molecule has 56 valence electrons. The normalized spacial score (nSPS) is 26.5. The summed E-state index contributed by atoms with van der Waals surface area (Å²) in [6.45, 7) is 0.395. The number of carbonyl (C=O) groups is 2. The van der Waals surface area contributed by atoms with Gasteiger partial charge in [-0.3, -0.25) is 14.5 Å². The first-order valence-electron chi connectivity index (χ1n) is 2.90. The molecule has 1 aliphatic rings. The van der Waals surface area contributed by atoms with E-state index in [-0.39, 0.29) is 5.91 Å². The van der Waals surface area contributed by atoms with Crippen molar-refractivity contribution in [1.29, 1.82) is 0 Å². The topological polar surface area (TPSA) is 75.4 Å². The van der Waals surface area contributed by atoms with E-state index in [0.717, 1.165) is 0 Å². The van der Waals surface area contributed by atoms with Crippen molar-refractivity contribution < 1.29 is 9.59 Å². The van der Waals surface area contributed by atoms with E-state index in [0.29, 0.717) is 6.67 Å². The molecule has 3 N–H and O–H groups in total. The predicted molar refractivity (Wildman–Crippen MR) is 33.8 cm³/mol. The van der Waals surface area contributed by atoms with E-state index >= 15 is 0 Å². The van der Waals surface area contributed by atoms with Crippen LogP contribution in [0.15, 0.2) is 0 Å². The number of hydrogen-bond donors (Lipinski definition) is 2. The van der Waals surface area contributed by atoms with Crippen molar-refractivity contribution in [3.05, 3.63) is 0 Å². The molecule has 0 saturated carbocycles. The lowest BCUT2D eigenvalue weighted by atomic mass is 10.3. The van der Waals surface area contributed by atoms with Gasteiger partial charge in [0.2, 0.25) is 11.8 Å². The summed E-state index contributed by atoms with van der Waals surface area (Å²) >= 11 is 0. The highest BCUT2D eigenvalue weighted by Crippen LogP contribution is 2.00. The summed E-state index contributed by atoms with van der Waals surface area (Å²) in [5.41, 5.74) is 4.94. The van der Waals surface area contributed by atoms with Crippen LogP contribution in [0.1, 0.15) is 0 Å². The standard InChI is InChI=1S/C5H9N3O2/c1-8-2-7-5(10)3(8)4(6)9/h3H,2H2,1H3,(H2,6,9)(H,7,10). The van der Waals surface area contributed by atoms with Gasteiger partial charge in [0.05, 0.1) is 6.67 Å². The fraction of sp³-hybridized carbons (Fsp3) is 0.600. The van der Waals surface area contributed by atoms with Crippen molar-refractivity contribution in [3.8, 4) is 0 Å². The van der Waals surface area contributed by atoms with Gasteiger partial charge in [0.1, 0.15) is 0 Å². The highest BCUT2D eigenvalue weighted by molar-refractivity contribution is 6.04. The van der Waals surface area contributed by atoms with E-state index in [9.17, 15) is 9.59 Å². The van der Waals surface area contributed by atoms with Crippen LogP contribution in [0.4, 0.5) is 0 Å². The third-order valence-corrected chi connectivity index (χ3v) is 1.46. The SMILES string of the molecule is CN1CNC(=O)C1C(N)=O. The number of nitrogens with one attached hydrogen (secondary N) is 1. The van der Waals surface area contributed by atoms with Crippen LogP contribution in [0.3, 0.4) is 0 Å². The number of nitrogens with two attached hydrogens (primary N) is 1. The minimum absolute atomic E-state index is 0.310. The number of rotatable bonds is 1. The first-order chi connectivity index (χ1) is 4.63. The second-order valence-corrected chi connectivity index (χ2v) is 2.26. The van der Waals surface area contributed by atoms with Crippen LogP contribution in [0.25, 0.3) is 0 Å². The molecule has 0 bridgehead atoms. The van der Waals surface area contributed by atoms with Gasteiger partial charge >= 0.3 is 0 Å². The Hall–Kier alpha value is -1.10. The van der Waals surface area contributed by atoms with Crippen LogP contribution < -0.4 is 11.1 Å². The molecular weight excluding hydrogens is 134 g/mol. The molecule has 10 heavy (non-hydrogen) atoms. The lowest BCUT2D eigenvalue weighted by molar-refractivity contribution is -0.130. The zero-order valence-electron chi connectivity index (χ0n) is 5.63. The van der Waals surface area contributed by atoms with Gasteiger partial charge in [-0.05, 0) is 7.05 Å². The molecule has 1 unspecified atom stereocenters. The summed E-state index contributed by atoms with van der Waals surface area (Å²) in [5.74, 6) is -0.910. The minimum atomic E-state index is -0.778. The Bertz CT molecular complexity index is 180. The Kier molecular flexibility index (Phi) is 1.58. The molecule has 2 amide bonds. The molecule has 1 fully saturated rings. The smallest absolute Gasteiger partial charge is 0.248 e. The lowest BCUT2D eigenvalue weighted by Gasteiger charge is -2.10. The minimum Gasteiger partial charge on any atom is -0.368 e. The van der Waals surface area contributed by atoms with E-state index in [1.807, 2.05) is 0 Å². The summed E-state index contributed by atoms with van der Waals surface area (Å²) < 4.78 is 0. The Balaban J connectivity index is 2.72. The molecule has 1 atom stereocenters. The maximum absolute atomic E-state index is 10.8. The van der Waals surface area contributed by atoms with Crippen LogP contribution in [0.2, 0.25) is 0 Å². The summed E-state index contributed by atoms with van der Waals surface area (Å²) in [4.78, 5) is 22.9. The quantitative estimate of drug-likeness (QED) is 0.411. The zero-order valence-corrected chi connectivity index (χ0v) is 5.63. The Morgan fingerprint density at radius 2 is 2.50 bits per heavy atom. The number of primary amides is 1. The van der Waals surface area contributed by atoms with Crippen LogP contribution in [0.5, 0.6) is 0 Å². The maximum atomic E-state index is 10.8. The lowest BCUT2D eigenvalue weighted by Crippen LogP contribution is -2.42. The molecule has 0 aromatic rings. The summed E-state index contributed by atoms with van der Waals surface area (Å²) in [6.07, 6.45) is 0. The van der Waals surface area contributed by atoms with Gasteiger partial charge in [-0.1, -0.05) is 0 Å². The van der Waals surface area contributed by atoms with Gasteiger partial charge in [0, 0.05) is 0 Å². The molecule has 0 aromatic carbocycles. The second-order valence-electron chi connectivity index (χ2n) is 2.26. The maximum Gasteiger partial charge on any atom is 0.248 e. The predicted octanol–water partition coefficient (Wildman–Crippen LogP) is -2.14. The summed E-state index contributed by atoms with van der Waals surface area (Å²) in [7, 11) is 1.66. The number of hydrogen-bond acceptors (Lipinski definition) is 3. The van der Waals surface area contributed by atoms with E-state index in [1.54, 1.807) is 11.9 Å². The largest absolute Gasteiger partial charge is 0.368 e. The monoisotopic (exact) mass is 143 g/mol. The van der Waals surface area contributed by atoms with Crippen molar-refractivity contribution in [1.82, 2.24) is 10.2 Å². The van der Waals surface area contributed by atoms with Crippen LogP contribution in [-0.2, 0) is 9.59 Å². The van der Waals surface area contributed by atoms with E-state index < -0.39 is 11.9 Å². The van der Waals surface area contributed by atoms with Gasteiger partial charge in [0.25, 0.3) is 0 Å². The molecule has 0 aromatic heterocycles. The molecule has 0 radical (unpaired) electrons. The molecule has 1 aliphatic heterocycles. The van der Waals surface area contributed by atoms with E-state index in [2.05, 4.69) is 5.32 Å². The first-order valence-corrected chi connectivity index (χ1v) is 2.90. The summed E-state index contributed by atoms with van der Waals surface area (Å²) in [6, 6.07) is -0.778. The van der Waals surface area contributed by atoms with Gasteiger partial charge in [0.15, 0.2) is 6.04 Å². The molecule has 5 heteroatoms. The number of nitrogens with zero attached hydrogens (tertiary/aromatic N) is 1. The van der Waals surface area contributed by atoms with Crippen LogP contribution in [0, 0.1) is 0 Å². The van der Waals surface area contributed by atoms with Crippen molar-refractivity contribution >= 4 is 11.8 Å². The average molecular weight is 143 g/mol. The Labute approximate surface area is 58.2 Å². The second kappa shape index (κ2) is 2.26. The summed E-state index contributed by atoms with van der Waals surface area (Å²) in [5, 5.41) is 2.49. The molecule has 1 saturated heterocycles. The van der Waals surface area contributed by atoms with Crippen LogP contribution >= 0.6 is 0 Å². The van der Waals surface area contributed by atoms with Crippen LogP contribution in [-0.4, -0.2) is 36.5 Å². The third-order valence-electron chi connectivity index (χ3n) is 1.46. The van der Waals surface area contributed by atoms with E-state index in [4.69, 9.17) is 5.73 Å². The van der Waals surface area contributed by atoms with Gasteiger partial charge in [-0.25, -0.2) is 0 Å². The third kappa shape index (κ3) is 0.950. The molecule has 1 rings (SSSR count). The van der Waals surface area contributed by atoms with Gasteiger partial charge in [-0.2, -0.15) is 0 Å². The molecular formula is C5H9N3O2. The van der Waals surface area contributed by atoms with Crippen molar-refractivity contribution in [2.75, 3.05) is 13.7 Å². The fourth-order valence-electron chi connectivity index (χ4n) is 0.937. The van der Waals surface area contributed by atoms with Crippen molar-refractivity contribution in [2.45, 2.75) is 6.04 Å². The highest BCUT2D eigenvalue weighted by atomic mass is 16.2. The molecule has 1 heterocycles. The number of carbonyl (C=O) groups excluding carboxylic acids is 2. The Morgan fingerprint density at radius 3 is 2.70 bits per heavy atom. The Morgan fingerprint density at radius 1 is 1.90 bits per heavy atom. The number of amides is 2. The van der Waals surface area contributed by atoms with Crippen molar-refractivity contribution in [3.63, 3.8) is 0 Å². The number of likely N-dealkylation sites (N-methyl/N-ethyl adjacent to an activating group) is 1. The average Bonchev–Trinajstić information content (AvgIpc) is 2.11.